The van der Waals surface area contributed by atoms with Gasteiger partial charge in [-0.25, -0.2) is 0 Å². The Kier molecular flexibility index (Phi) is 6.01. The van der Waals surface area contributed by atoms with Gasteiger partial charge in [0, 0.05) is 29.7 Å². The molecule has 0 atom stereocenters. The Balaban J connectivity index is 2.15. The van der Waals surface area contributed by atoms with Crippen molar-refractivity contribution in [1.82, 2.24) is 4.90 Å². The van der Waals surface area contributed by atoms with Crippen LogP contribution in [0.4, 0.5) is 5.69 Å². The molecule has 122 valence electrons. The lowest BCUT2D eigenvalue weighted by Crippen LogP contribution is -2.36. The second kappa shape index (κ2) is 7.57. The van der Waals surface area contributed by atoms with Crippen LogP contribution in [0.1, 0.15) is 43.7 Å². The van der Waals surface area contributed by atoms with E-state index < -0.39 is 0 Å². The van der Waals surface area contributed by atoms with E-state index in [4.69, 9.17) is 0 Å². The van der Waals surface area contributed by atoms with Crippen molar-refractivity contribution >= 4 is 27.5 Å². The first-order chi connectivity index (χ1) is 10.4. The van der Waals surface area contributed by atoms with E-state index in [0.29, 0.717) is 6.04 Å². The molecule has 2 N–H and O–H groups in total. The van der Waals surface area contributed by atoms with Crippen molar-refractivity contribution in [2.45, 2.75) is 58.2 Å². The molecule has 1 aromatic carbocycles. The number of hydrogen-bond acceptors (Lipinski definition) is 3. The Labute approximate surface area is 141 Å². The number of rotatable bonds is 4. The number of halogens is 1. The van der Waals surface area contributed by atoms with E-state index in [1.165, 1.54) is 6.92 Å². The molecule has 0 spiro atoms. The molecule has 22 heavy (non-hydrogen) atoms. The number of benzene rings is 1. The molecule has 0 radical (unpaired) electrons. The van der Waals surface area contributed by atoms with Gasteiger partial charge in [0.05, 0.1) is 6.10 Å². The fourth-order valence-corrected chi connectivity index (χ4v) is 3.81. The number of aryl methyl sites for hydroxylation is 1. The summed E-state index contributed by atoms with van der Waals surface area (Å²) in [5.41, 5.74) is 3.10. The molecule has 0 heterocycles. The van der Waals surface area contributed by atoms with Gasteiger partial charge in [-0.2, -0.15) is 0 Å². The molecule has 4 nitrogen and oxygen atoms in total. The lowest BCUT2D eigenvalue weighted by Gasteiger charge is -2.33. The monoisotopic (exact) mass is 368 g/mol. The van der Waals surface area contributed by atoms with Crippen LogP contribution in [0, 0.1) is 6.92 Å². The summed E-state index contributed by atoms with van der Waals surface area (Å²) < 4.78 is 1.03. The van der Waals surface area contributed by atoms with E-state index >= 15 is 0 Å². The minimum absolute atomic E-state index is 0.0462. The summed E-state index contributed by atoms with van der Waals surface area (Å²) in [5.74, 6) is -0.0462. The number of anilines is 1. The molecular formula is C17H25BrN2O2. The summed E-state index contributed by atoms with van der Waals surface area (Å²) in [4.78, 5) is 13.8. The zero-order chi connectivity index (χ0) is 16.3. The number of amides is 1. The van der Waals surface area contributed by atoms with Crippen molar-refractivity contribution in [2.75, 3.05) is 12.4 Å². The van der Waals surface area contributed by atoms with Crippen molar-refractivity contribution in [1.29, 1.82) is 0 Å². The highest BCUT2D eigenvalue weighted by molar-refractivity contribution is 9.10. The quantitative estimate of drug-likeness (QED) is 0.855. The van der Waals surface area contributed by atoms with Crippen LogP contribution in [0.3, 0.4) is 0 Å². The van der Waals surface area contributed by atoms with Crippen molar-refractivity contribution in [3.63, 3.8) is 0 Å². The fraction of sp³-hybridized carbons (Fsp3) is 0.588. The van der Waals surface area contributed by atoms with Crippen LogP contribution in [0.15, 0.2) is 16.6 Å². The Hall–Kier alpha value is -0.910. The summed E-state index contributed by atoms with van der Waals surface area (Å²) in [6.07, 6.45) is 3.68. The van der Waals surface area contributed by atoms with Gasteiger partial charge in [0.2, 0.25) is 5.91 Å². The summed E-state index contributed by atoms with van der Waals surface area (Å²) >= 11 is 3.54. The van der Waals surface area contributed by atoms with E-state index in [1.807, 2.05) is 13.0 Å². The average Bonchev–Trinajstić information content (AvgIpc) is 2.43. The molecule has 0 bridgehead atoms. The lowest BCUT2D eigenvalue weighted by atomic mass is 9.92. The van der Waals surface area contributed by atoms with Crippen LogP contribution in [0.5, 0.6) is 0 Å². The second-order valence-electron chi connectivity index (χ2n) is 6.32. The van der Waals surface area contributed by atoms with Gasteiger partial charge in [0.25, 0.3) is 0 Å². The van der Waals surface area contributed by atoms with Crippen molar-refractivity contribution < 1.29 is 9.90 Å². The van der Waals surface area contributed by atoms with Gasteiger partial charge in [0.1, 0.15) is 0 Å². The normalized spacial score (nSPS) is 21.9. The molecule has 0 saturated heterocycles. The molecule has 0 aliphatic heterocycles. The number of nitrogens with one attached hydrogen (secondary N) is 1. The first-order valence-corrected chi connectivity index (χ1v) is 8.61. The van der Waals surface area contributed by atoms with E-state index in [0.717, 1.165) is 53.5 Å². The number of aliphatic hydroxyl groups is 1. The minimum Gasteiger partial charge on any atom is -0.393 e. The molecule has 1 saturated carbocycles. The van der Waals surface area contributed by atoms with Gasteiger partial charge in [-0.3, -0.25) is 9.69 Å². The SMILES string of the molecule is CC(=O)Nc1c(C)cc(Br)cc1CN(C)[C@H]1CC[C@H](O)CC1. The highest BCUT2D eigenvalue weighted by Gasteiger charge is 2.23. The maximum Gasteiger partial charge on any atom is 0.221 e. The third kappa shape index (κ3) is 4.54. The molecule has 0 unspecified atom stereocenters. The number of carbonyl (C=O) groups is 1. The van der Waals surface area contributed by atoms with Gasteiger partial charge in [-0.15, -0.1) is 0 Å². The highest BCUT2D eigenvalue weighted by atomic mass is 79.9. The number of carbonyl (C=O) groups excluding carboxylic acids is 1. The van der Waals surface area contributed by atoms with Gasteiger partial charge in [-0.05, 0) is 62.9 Å². The first kappa shape index (κ1) is 17.4. The average molecular weight is 369 g/mol. The number of nitrogens with zero attached hydrogens (tertiary/aromatic N) is 1. The van der Waals surface area contributed by atoms with Gasteiger partial charge in [0.15, 0.2) is 0 Å². The smallest absolute Gasteiger partial charge is 0.221 e. The van der Waals surface area contributed by atoms with E-state index in [9.17, 15) is 9.90 Å². The van der Waals surface area contributed by atoms with Crippen LogP contribution >= 0.6 is 15.9 Å². The van der Waals surface area contributed by atoms with Crippen LogP contribution in [-0.4, -0.2) is 35.1 Å². The van der Waals surface area contributed by atoms with Gasteiger partial charge in [-0.1, -0.05) is 15.9 Å². The molecular weight excluding hydrogens is 344 g/mol. The zero-order valence-corrected chi connectivity index (χ0v) is 15.1. The second-order valence-corrected chi connectivity index (χ2v) is 7.23. The lowest BCUT2D eigenvalue weighted by molar-refractivity contribution is -0.114. The topological polar surface area (TPSA) is 52.6 Å². The predicted molar refractivity (Wildman–Crippen MR) is 92.9 cm³/mol. The van der Waals surface area contributed by atoms with E-state index in [2.05, 4.69) is 39.3 Å². The summed E-state index contributed by atoms with van der Waals surface area (Å²) in [6.45, 7) is 4.34. The minimum atomic E-state index is -0.132. The van der Waals surface area contributed by atoms with Gasteiger partial charge < -0.3 is 10.4 Å². The molecule has 5 heteroatoms. The van der Waals surface area contributed by atoms with Crippen LogP contribution in [0.25, 0.3) is 0 Å². The van der Waals surface area contributed by atoms with Crippen LogP contribution < -0.4 is 5.32 Å². The third-order valence-electron chi connectivity index (χ3n) is 4.39. The largest absolute Gasteiger partial charge is 0.393 e. The Morgan fingerprint density at radius 3 is 2.59 bits per heavy atom. The molecule has 1 fully saturated rings. The summed E-state index contributed by atoms with van der Waals surface area (Å²) in [6, 6.07) is 4.59. The number of hydrogen-bond donors (Lipinski definition) is 2. The molecule has 1 aliphatic rings. The van der Waals surface area contributed by atoms with E-state index in [-0.39, 0.29) is 12.0 Å². The standard InChI is InChI=1S/C17H25BrN2O2/c1-11-8-14(18)9-13(17(11)19-12(2)21)10-20(3)15-4-6-16(22)7-5-15/h8-9,15-16,22H,4-7,10H2,1-3H3,(H,19,21)/t15-,16-. The Morgan fingerprint density at radius 1 is 1.36 bits per heavy atom. The summed E-state index contributed by atoms with van der Waals surface area (Å²) in [7, 11) is 2.12. The Morgan fingerprint density at radius 2 is 2.00 bits per heavy atom. The third-order valence-corrected chi connectivity index (χ3v) is 4.85. The summed E-state index contributed by atoms with van der Waals surface area (Å²) in [5, 5.41) is 12.6. The first-order valence-electron chi connectivity index (χ1n) is 7.81. The van der Waals surface area contributed by atoms with Crippen LogP contribution in [-0.2, 0) is 11.3 Å². The molecule has 0 aromatic heterocycles. The van der Waals surface area contributed by atoms with Crippen molar-refractivity contribution in [2.24, 2.45) is 0 Å². The zero-order valence-electron chi connectivity index (χ0n) is 13.5. The molecule has 1 amide bonds. The fourth-order valence-electron chi connectivity index (χ4n) is 3.19. The molecule has 2 rings (SSSR count). The van der Waals surface area contributed by atoms with Crippen molar-refractivity contribution in [3.8, 4) is 0 Å². The predicted octanol–water partition coefficient (Wildman–Crippen LogP) is 3.45. The van der Waals surface area contributed by atoms with Crippen molar-refractivity contribution in [3.05, 3.63) is 27.7 Å². The molecule has 1 aliphatic carbocycles. The Bertz CT molecular complexity index is 540. The maximum absolute atomic E-state index is 11.5. The molecule has 1 aromatic rings. The van der Waals surface area contributed by atoms with Gasteiger partial charge >= 0.3 is 0 Å². The van der Waals surface area contributed by atoms with E-state index in [1.54, 1.807) is 0 Å². The van der Waals surface area contributed by atoms with Crippen LogP contribution in [0.2, 0.25) is 0 Å². The highest BCUT2D eigenvalue weighted by Crippen LogP contribution is 2.29. The maximum atomic E-state index is 11.5. The number of aliphatic hydroxyl groups excluding tert-OH is 1.